The maximum absolute atomic E-state index is 11.3. The van der Waals surface area contributed by atoms with E-state index in [0.717, 1.165) is 16.8 Å². The smallest absolute Gasteiger partial charge is 0.308 e. The Bertz CT molecular complexity index is 399. The lowest BCUT2D eigenvalue weighted by molar-refractivity contribution is -0.144. The summed E-state index contributed by atoms with van der Waals surface area (Å²) in [7, 11) is 1.41. The van der Waals surface area contributed by atoms with E-state index in [1.54, 1.807) is 0 Å². The highest BCUT2D eigenvalue weighted by Crippen LogP contribution is 2.20. The van der Waals surface area contributed by atoms with Crippen molar-refractivity contribution in [3.05, 3.63) is 28.8 Å². The predicted molar refractivity (Wildman–Crippen MR) is 65.2 cm³/mol. The third kappa shape index (κ3) is 2.75. The van der Waals surface area contributed by atoms with Crippen molar-refractivity contribution in [1.82, 2.24) is 0 Å². The first-order chi connectivity index (χ1) is 7.45. The van der Waals surface area contributed by atoms with Crippen LogP contribution in [-0.2, 0) is 16.0 Å². The van der Waals surface area contributed by atoms with Crippen molar-refractivity contribution in [3.8, 4) is 0 Å². The molecular formula is C13H19NO2. The number of carbonyl (C=O) groups is 1. The number of aryl methyl sites for hydroxylation is 2. The van der Waals surface area contributed by atoms with Crippen LogP contribution < -0.4 is 5.73 Å². The highest BCUT2D eigenvalue weighted by molar-refractivity contribution is 5.72. The van der Waals surface area contributed by atoms with Crippen LogP contribution in [0.1, 0.15) is 23.6 Å². The number of nitrogen functional groups attached to an aromatic ring is 1. The van der Waals surface area contributed by atoms with Gasteiger partial charge in [0, 0.05) is 5.69 Å². The first-order valence-corrected chi connectivity index (χ1v) is 5.39. The summed E-state index contributed by atoms with van der Waals surface area (Å²) in [4.78, 5) is 11.3. The summed E-state index contributed by atoms with van der Waals surface area (Å²) in [6, 6.07) is 4.00. The largest absolute Gasteiger partial charge is 0.469 e. The lowest BCUT2D eigenvalue weighted by Gasteiger charge is -2.13. The molecule has 1 aromatic carbocycles. The number of benzene rings is 1. The topological polar surface area (TPSA) is 52.3 Å². The van der Waals surface area contributed by atoms with Crippen molar-refractivity contribution in [2.75, 3.05) is 12.8 Å². The van der Waals surface area contributed by atoms with Crippen LogP contribution in [0.4, 0.5) is 5.69 Å². The molecular weight excluding hydrogens is 202 g/mol. The summed E-state index contributed by atoms with van der Waals surface area (Å²) in [5.41, 5.74) is 9.99. The molecule has 0 heterocycles. The van der Waals surface area contributed by atoms with Gasteiger partial charge >= 0.3 is 5.97 Å². The average Bonchev–Trinajstić information content (AvgIpc) is 2.24. The van der Waals surface area contributed by atoms with Crippen LogP contribution in [0, 0.1) is 19.8 Å². The van der Waals surface area contributed by atoms with Crippen molar-refractivity contribution < 1.29 is 9.53 Å². The zero-order valence-electron chi connectivity index (χ0n) is 10.3. The van der Waals surface area contributed by atoms with Crippen molar-refractivity contribution in [1.29, 1.82) is 0 Å². The predicted octanol–water partition coefficient (Wildman–Crippen LogP) is 2.24. The van der Waals surface area contributed by atoms with Gasteiger partial charge in [-0.15, -0.1) is 0 Å². The molecule has 16 heavy (non-hydrogen) atoms. The minimum absolute atomic E-state index is 0.134. The van der Waals surface area contributed by atoms with Gasteiger partial charge in [0.05, 0.1) is 13.0 Å². The van der Waals surface area contributed by atoms with Gasteiger partial charge in [-0.1, -0.05) is 13.0 Å². The Balaban J connectivity index is 2.89. The zero-order valence-corrected chi connectivity index (χ0v) is 10.3. The molecule has 0 aromatic heterocycles. The van der Waals surface area contributed by atoms with E-state index in [1.165, 1.54) is 12.7 Å². The molecule has 0 aliphatic carbocycles. The van der Waals surface area contributed by atoms with Gasteiger partial charge in [0.25, 0.3) is 0 Å². The highest BCUT2D eigenvalue weighted by Gasteiger charge is 2.15. The van der Waals surface area contributed by atoms with E-state index in [2.05, 4.69) is 6.07 Å². The van der Waals surface area contributed by atoms with Crippen molar-refractivity contribution >= 4 is 11.7 Å². The van der Waals surface area contributed by atoms with Gasteiger partial charge < -0.3 is 10.5 Å². The second kappa shape index (κ2) is 5.01. The van der Waals surface area contributed by atoms with E-state index in [9.17, 15) is 4.79 Å². The second-order valence-corrected chi connectivity index (χ2v) is 4.26. The molecule has 0 saturated carbocycles. The van der Waals surface area contributed by atoms with Crippen LogP contribution in [0.2, 0.25) is 0 Å². The summed E-state index contributed by atoms with van der Waals surface area (Å²) in [6.45, 7) is 5.88. The summed E-state index contributed by atoms with van der Waals surface area (Å²) in [5.74, 6) is -0.315. The molecule has 0 saturated heterocycles. The normalized spacial score (nSPS) is 12.2. The Morgan fingerprint density at radius 1 is 1.38 bits per heavy atom. The molecule has 3 nitrogen and oxygen atoms in total. The van der Waals surface area contributed by atoms with E-state index in [-0.39, 0.29) is 11.9 Å². The molecule has 1 rings (SSSR count). The quantitative estimate of drug-likeness (QED) is 0.629. The number of hydrogen-bond acceptors (Lipinski definition) is 3. The van der Waals surface area contributed by atoms with Crippen LogP contribution in [-0.4, -0.2) is 13.1 Å². The summed E-state index contributed by atoms with van der Waals surface area (Å²) < 4.78 is 4.71. The molecule has 0 spiro atoms. The van der Waals surface area contributed by atoms with Crippen LogP contribution >= 0.6 is 0 Å². The lowest BCUT2D eigenvalue weighted by atomic mass is 9.95. The minimum Gasteiger partial charge on any atom is -0.469 e. The van der Waals surface area contributed by atoms with E-state index >= 15 is 0 Å². The van der Waals surface area contributed by atoms with Crippen molar-refractivity contribution in [3.63, 3.8) is 0 Å². The first kappa shape index (κ1) is 12.6. The number of rotatable bonds is 3. The fourth-order valence-electron chi connectivity index (χ4n) is 1.75. The van der Waals surface area contributed by atoms with Crippen LogP contribution in [0.5, 0.6) is 0 Å². The SMILES string of the molecule is COC(=O)C(C)Cc1cc(N)c(C)cc1C. The Labute approximate surface area is 96.6 Å². The molecule has 1 aromatic rings. The van der Waals surface area contributed by atoms with Gasteiger partial charge in [0.2, 0.25) is 0 Å². The highest BCUT2D eigenvalue weighted by atomic mass is 16.5. The maximum atomic E-state index is 11.3. The Kier molecular flexibility index (Phi) is 3.93. The van der Waals surface area contributed by atoms with Gasteiger partial charge in [0.1, 0.15) is 0 Å². The van der Waals surface area contributed by atoms with E-state index in [1.807, 2.05) is 26.8 Å². The van der Waals surface area contributed by atoms with Crippen molar-refractivity contribution in [2.24, 2.45) is 5.92 Å². The molecule has 3 heteroatoms. The third-order valence-corrected chi connectivity index (χ3v) is 2.85. The van der Waals surface area contributed by atoms with Gasteiger partial charge in [-0.3, -0.25) is 4.79 Å². The van der Waals surface area contributed by atoms with E-state index in [4.69, 9.17) is 10.5 Å². The number of nitrogens with two attached hydrogens (primary N) is 1. The summed E-state index contributed by atoms with van der Waals surface area (Å²) in [5, 5.41) is 0. The summed E-state index contributed by atoms with van der Waals surface area (Å²) in [6.07, 6.45) is 0.670. The molecule has 0 fully saturated rings. The van der Waals surface area contributed by atoms with Crippen LogP contribution in [0.3, 0.4) is 0 Å². The molecule has 0 aliphatic heterocycles. The third-order valence-electron chi connectivity index (χ3n) is 2.85. The van der Waals surface area contributed by atoms with Crippen LogP contribution in [0.15, 0.2) is 12.1 Å². The molecule has 1 atom stereocenters. The summed E-state index contributed by atoms with van der Waals surface area (Å²) >= 11 is 0. The molecule has 0 bridgehead atoms. The fourth-order valence-corrected chi connectivity index (χ4v) is 1.75. The van der Waals surface area contributed by atoms with Gasteiger partial charge in [0.15, 0.2) is 0 Å². The monoisotopic (exact) mass is 221 g/mol. The van der Waals surface area contributed by atoms with E-state index < -0.39 is 0 Å². The molecule has 0 amide bonds. The number of ether oxygens (including phenoxy) is 1. The van der Waals surface area contributed by atoms with Gasteiger partial charge in [-0.25, -0.2) is 0 Å². The Hall–Kier alpha value is -1.51. The maximum Gasteiger partial charge on any atom is 0.308 e. The molecule has 0 aliphatic rings. The number of anilines is 1. The fraction of sp³-hybridized carbons (Fsp3) is 0.462. The molecule has 2 N–H and O–H groups in total. The van der Waals surface area contributed by atoms with E-state index in [0.29, 0.717) is 6.42 Å². The standard InChI is InChI=1S/C13H19NO2/c1-8-5-9(2)12(14)7-11(8)6-10(3)13(15)16-4/h5,7,10H,6,14H2,1-4H3. The second-order valence-electron chi connectivity index (χ2n) is 4.26. The first-order valence-electron chi connectivity index (χ1n) is 5.39. The number of methoxy groups -OCH3 is 1. The van der Waals surface area contributed by atoms with Gasteiger partial charge in [-0.05, 0) is 43.0 Å². The average molecular weight is 221 g/mol. The van der Waals surface area contributed by atoms with Gasteiger partial charge in [-0.2, -0.15) is 0 Å². The number of esters is 1. The molecule has 1 unspecified atom stereocenters. The number of carbonyl (C=O) groups excluding carboxylic acids is 1. The minimum atomic E-state index is -0.182. The number of hydrogen-bond donors (Lipinski definition) is 1. The van der Waals surface area contributed by atoms with Crippen molar-refractivity contribution in [2.45, 2.75) is 27.2 Å². The van der Waals surface area contributed by atoms with Crippen LogP contribution in [0.25, 0.3) is 0 Å². The lowest BCUT2D eigenvalue weighted by Crippen LogP contribution is -2.15. The molecule has 88 valence electrons. The Morgan fingerprint density at radius 3 is 2.56 bits per heavy atom. The molecule has 0 radical (unpaired) electrons. The zero-order chi connectivity index (χ0) is 12.3. The Morgan fingerprint density at radius 2 is 2.00 bits per heavy atom.